The van der Waals surface area contributed by atoms with Crippen molar-refractivity contribution in [2.45, 2.75) is 32.4 Å². The molecule has 1 aliphatic rings. The van der Waals surface area contributed by atoms with E-state index in [0.717, 1.165) is 36.3 Å². The number of nitrogens with zero attached hydrogens (tertiary/aromatic N) is 1. The fraction of sp³-hybridized carbons (Fsp3) is 0.296. The van der Waals surface area contributed by atoms with Crippen molar-refractivity contribution in [3.05, 3.63) is 101 Å². The second-order valence-electron chi connectivity index (χ2n) is 8.33. The lowest BCUT2D eigenvalue weighted by molar-refractivity contribution is -0.143. The molecule has 0 saturated carbocycles. The Morgan fingerprint density at radius 2 is 1.81 bits per heavy atom. The predicted molar refractivity (Wildman–Crippen MR) is 122 cm³/mol. The average molecular weight is 416 g/mol. The number of aryl methyl sites for hydroxylation is 1. The highest BCUT2D eigenvalue weighted by atomic mass is 16.5. The van der Waals surface area contributed by atoms with Crippen LogP contribution >= 0.6 is 0 Å². The summed E-state index contributed by atoms with van der Waals surface area (Å²) in [7, 11) is 0. The summed E-state index contributed by atoms with van der Waals surface area (Å²) in [6.45, 7) is 4.10. The normalized spacial score (nSPS) is 17.8. The number of aliphatic carboxylic acids is 1. The van der Waals surface area contributed by atoms with Crippen LogP contribution in [0.4, 0.5) is 0 Å². The zero-order valence-electron chi connectivity index (χ0n) is 17.9. The molecule has 3 aromatic rings. The van der Waals surface area contributed by atoms with E-state index in [4.69, 9.17) is 4.74 Å². The van der Waals surface area contributed by atoms with Crippen molar-refractivity contribution in [3.8, 4) is 5.75 Å². The molecule has 1 N–H and O–H groups in total. The number of carboxylic acid groups (broad SMARTS) is 1. The van der Waals surface area contributed by atoms with Crippen molar-refractivity contribution in [1.82, 2.24) is 4.90 Å². The fourth-order valence-corrected chi connectivity index (χ4v) is 4.38. The van der Waals surface area contributed by atoms with Crippen LogP contribution in [0.15, 0.2) is 78.9 Å². The van der Waals surface area contributed by atoms with Gasteiger partial charge in [-0.1, -0.05) is 72.3 Å². The van der Waals surface area contributed by atoms with Gasteiger partial charge in [-0.15, -0.1) is 0 Å². The van der Waals surface area contributed by atoms with Crippen LogP contribution in [-0.4, -0.2) is 29.1 Å². The third-order valence-electron chi connectivity index (χ3n) is 5.97. The second-order valence-corrected chi connectivity index (χ2v) is 8.33. The van der Waals surface area contributed by atoms with E-state index < -0.39 is 5.97 Å². The van der Waals surface area contributed by atoms with Crippen LogP contribution in [0.2, 0.25) is 0 Å². The number of piperidine rings is 1. The molecule has 0 bridgehead atoms. The summed E-state index contributed by atoms with van der Waals surface area (Å²) in [5.74, 6) is -0.176. The summed E-state index contributed by atoms with van der Waals surface area (Å²) < 4.78 is 5.95. The first-order valence-corrected chi connectivity index (χ1v) is 10.9. The van der Waals surface area contributed by atoms with Gasteiger partial charge in [0.1, 0.15) is 12.4 Å². The summed E-state index contributed by atoms with van der Waals surface area (Å²) in [5, 5.41) is 9.57. The summed E-state index contributed by atoms with van der Waals surface area (Å²) in [6, 6.07) is 26.9. The predicted octanol–water partition coefficient (Wildman–Crippen LogP) is 5.46. The number of hydrogen-bond donors (Lipinski definition) is 1. The Labute approximate surface area is 184 Å². The molecule has 4 nitrogen and oxygen atoms in total. The molecule has 0 amide bonds. The number of likely N-dealkylation sites (tertiary alicyclic amines) is 1. The Morgan fingerprint density at radius 1 is 1.03 bits per heavy atom. The molecule has 4 rings (SSSR count). The van der Waals surface area contributed by atoms with Gasteiger partial charge >= 0.3 is 5.97 Å². The number of hydrogen-bond acceptors (Lipinski definition) is 3. The minimum Gasteiger partial charge on any atom is -0.489 e. The largest absolute Gasteiger partial charge is 0.489 e. The topological polar surface area (TPSA) is 49.8 Å². The van der Waals surface area contributed by atoms with E-state index in [-0.39, 0.29) is 12.0 Å². The Hall–Kier alpha value is -3.11. The smallest absolute Gasteiger partial charge is 0.307 e. The Morgan fingerprint density at radius 3 is 2.52 bits per heavy atom. The molecule has 0 aromatic heterocycles. The molecule has 4 heteroatoms. The number of carboxylic acids is 1. The van der Waals surface area contributed by atoms with Crippen LogP contribution in [0.25, 0.3) is 0 Å². The molecule has 0 radical (unpaired) electrons. The van der Waals surface area contributed by atoms with Gasteiger partial charge in [-0.3, -0.25) is 9.69 Å². The van der Waals surface area contributed by atoms with Crippen LogP contribution in [0, 0.1) is 12.8 Å². The van der Waals surface area contributed by atoms with Crippen LogP contribution in [0.1, 0.15) is 41.1 Å². The van der Waals surface area contributed by atoms with Gasteiger partial charge in [0.25, 0.3) is 0 Å². The number of carbonyl (C=O) groups is 1. The number of ether oxygens (including phenoxy) is 1. The molecule has 1 aliphatic heterocycles. The van der Waals surface area contributed by atoms with E-state index in [2.05, 4.69) is 60.4 Å². The zero-order chi connectivity index (χ0) is 21.6. The molecule has 1 heterocycles. The third-order valence-corrected chi connectivity index (χ3v) is 5.97. The van der Waals surface area contributed by atoms with Gasteiger partial charge in [0.15, 0.2) is 0 Å². The van der Waals surface area contributed by atoms with E-state index in [1.165, 1.54) is 11.1 Å². The van der Waals surface area contributed by atoms with Crippen molar-refractivity contribution < 1.29 is 14.6 Å². The van der Waals surface area contributed by atoms with Crippen molar-refractivity contribution in [1.29, 1.82) is 0 Å². The van der Waals surface area contributed by atoms with Crippen molar-refractivity contribution in [2.24, 2.45) is 5.92 Å². The first kappa shape index (κ1) is 21.1. The molecule has 160 valence electrons. The second kappa shape index (κ2) is 9.80. The van der Waals surface area contributed by atoms with Crippen molar-refractivity contribution in [3.63, 3.8) is 0 Å². The van der Waals surface area contributed by atoms with Gasteiger partial charge in [-0.25, -0.2) is 0 Å². The Kier molecular flexibility index (Phi) is 6.68. The van der Waals surface area contributed by atoms with Crippen LogP contribution in [0.3, 0.4) is 0 Å². The lowest BCUT2D eigenvalue weighted by atomic mass is 9.91. The number of rotatable bonds is 7. The molecule has 3 aromatic carbocycles. The molecule has 0 spiro atoms. The molecular weight excluding hydrogens is 386 g/mol. The molecule has 1 saturated heterocycles. The minimum atomic E-state index is -0.697. The third kappa shape index (κ3) is 5.33. The van der Waals surface area contributed by atoms with E-state index >= 15 is 0 Å². The highest BCUT2D eigenvalue weighted by Gasteiger charge is 2.31. The quantitative estimate of drug-likeness (QED) is 0.557. The first-order valence-electron chi connectivity index (χ1n) is 10.9. The number of benzene rings is 3. The highest BCUT2D eigenvalue weighted by molar-refractivity contribution is 5.70. The standard InChI is InChI=1S/C27H29NO3/c1-20-7-5-10-23(17-20)26(28-16-6-11-24(18-28)27(29)30)22-12-14-25(15-13-22)31-19-21-8-3-2-4-9-21/h2-5,7-10,12-15,17,24,26H,6,11,16,18-19H2,1H3,(H,29,30). The van der Waals surface area contributed by atoms with Crippen molar-refractivity contribution in [2.75, 3.05) is 13.1 Å². The lowest BCUT2D eigenvalue weighted by Gasteiger charge is -2.37. The maximum Gasteiger partial charge on any atom is 0.307 e. The summed E-state index contributed by atoms with van der Waals surface area (Å²) >= 11 is 0. The first-order chi connectivity index (χ1) is 15.1. The molecule has 0 aliphatic carbocycles. The van der Waals surface area contributed by atoms with Gasteiger partial charge in [0.2, 0.25) is 0 Å². The molecule has 31 heavy (non-hydrogen) atoms. The van der Waals surface area contributed by atoms with Crippen molar-refractivity contribution >= 4 is 5.97 Å². The van der Waals surface area contributed by atoms with E-state index in [0.29, 0.717) is 13.2 Å². The lowest BCUT2D eigenvalue weighted by Crippen LogP contribution is -2.41. The summed E-state index contributed by atoms with van der Waals surface area (Å²) in [4.78, 5) is 14.0. The maximum atomic E-state index is 11.6. The summed E-state index contributed by atoms with van der Waals surface area (Å²) in [5.41, 5.74) is 4.70. The van der Waals surface area contributed by atoms with Crippen LogP contribution < -0.4 is 4.74 Å². The van der Waals surface area contributed by atoms with Gasteiger partial charge in [0, 0.05) is 6.54 Å². The van der Waals surface area contributed by atoms with E-state index in [1.807, 2.05) is 30.3 Å². The monoisotopic (exact) mass is 415 g/mol. The van der Waals surface area contributed by atoms with Crippen LogP contribution in [0.5, 0.6) is 5.75 Å². The fourth-order valence-electron chi connectivity index (χ4n) is 4.38. The Balaban J connectivity index is 1.57. The van der Waals surface area contributed by atoms with Crippen LogP contribution in [-0.2, 0) is 11.4 Å². The molecule has 2 unspecified atom stereocenters. The van der Waals surface area contributed by atoms with E-state index in [9.17, 15) is 9.90 Å². The minimum absolute atomic E-state index is 0.0326. The molecule has 2 atom stereocenters. The highest BCUT2D eigenvalue weighted by Crippen LogP contribution is 2.34. The van der Waals surface area contributed by atoms with Gasteiger partial charge in [-0.05, 0) is 55.1 Å². The maximum absolute atomic E-state index is 11.6. The summed E-state index contributed by atoms with van der Waals surface area (Å²) in [6.07, 6.45) is 1.65. The SMILES string of the molecule is Cc1cccc(C(c2ccc(OCc3ccccc3)cc2)N2CCCC(C(=O)O)C2)c1. The molecule has 1 fully saturated rings. The molecular formula is C27H29NO3. The Bertz CT molecular complexity index is 1000. The van der Waals surface area contributed by atoms with E-state index in [1.54, 1.807) is 0 Å². The van der Waals surface area contributed by atoms with Gasteiger partial charge < -0.3 is 9.84 Å². The zero-order valence-corrected chi connectivity index (χ0v) is 17.9. The van der Waals surface area contributed by atoms with Gasteiger partial charge in [0.05, 0.1) is 12.0 Å². The van der Waals surface area contributed by atoms with Gasteiger partial charge in [-0.2, -0.15) is 0 Å². The average Bonchev–Trinajstić information content (AvgIpc) is 2.80.